The van der Waals surface area contributed by atoms with Crippen molar-refractivity contribution >= 4 is 28.3 Å². The van der Waals surface area contributed by atoms with Crippen LogP contribution in [0.2, 0.25) is 5.02 Å². The SMILES string of the molecule is OC(CNc1ncnc2cc(Cl)ccc12)c1c(F)cccc1F. The van der Waals surface area contributed by atoms with Gasteiger partial charge in [-0.3, -0.25) is 0 Å². The zero-order chi connectivity index (χ0) is 16.4. The van der Waals surface area contributed by atoms with E-state index in [1.807, 2.05) is 0 Å². The van der Waals surface area contributed by atoms with Gasteiger partial charge in [-0.15, -0.1) is 0 Å². The second kappa shape index (κ2) is 6.44. The van der Waals surface area contributed by atoms with Crippen molar-refractivity contribution in [1.82, 2.24) is 9.97 Å². The number of anilines is 1. The molecule has 1 aromatic heterocycles. The summed E-state index contributed by atoms with van der Waals surface area (Å²) in [7, 11) is 0. The van der Waals surface area contributed by atoms with Crippen molar-refractivity contribution in [2.75, 3.05) is 11.9 Å². The van der Waals surface area contributed by atoms with Gasteiger partial charge in [0.2, 0.25) is 0 Å². The van der Waals surface area contributed by atoms with Crippen molar-refractivity contribution in [3.8, 4) is 0 Å². The van der Waals surface area contributed by atoms with Crippen LogP contribution in [-0.2, 0) is 0 Å². The van der Waals surface area contributed by atoms with Crippen LogP contribution in [0.1, 0.15) is 11.7 Å². The maximum Gasteiger partial charge on any atom is 0.137 e. The van der Waals surface area contributed by atoms with Crippen LogP contribution in [0.4, 0.5) is 14.6 Å². The van der Waals surface area contributed by atoms with Crippen molar-refractivity contribution in [3.63, 3.8) is 0 Å². The highest BCUT2D eigenvalue weighted by molar-refractivity contribution is 6.31. The third-order valence-electron chi connectivity index (χ3n) is 3.39. The molecule has 3 rings (SSSR count). The van der Waals surface area contributed by atoms with Gasteiger partial charge >= 0.3 is 0 Å². The second-order valence-corrected chi connectivity index (χ2v) is 5.35. The Hall–Kier alpha value is -2.31. The molecule has 0 bridgehead atoms. The lowest BCUT2D eigenvalue weighted by molar-refractivity contribution is 0.181. The Morgan fingerprint density at radius 2 is 1.87 bits per heavy atom. The minimum Gasteiger partial charge on any atom is -0.386 e. The first kappa shape index (κ1) is 15.6. The molecule has 7 heteroatoms. The van der Waals surface area contributed by atoms with Gasteiger partial charge < -0.3 is 10.4 Å². The smallest absolute Gasteiger partial charge is 0.137 e. The summed E-state index contributed by atoms with van der Waals surface area (Å²) >= 11 is 5.91. The minimum absolute atomic E-state index is 0.105. The normalized spacial score (nSPS) is 12.3. The maximum absolute atomic E-state index is 13.7. The van der Waals surface area contributed by atoms with Crippen LogP contribution in [0.15, 0.2) is 42.7 Å². The second-order valence-electron chi connectivity index (χ2n) is 4.92. The monoisotopic (exact) mass is 335 g/mol. The van der Waals surface area contributed by atoms with Crippen LogP contribution in [0.25, 0.3) is 10.9 Å². The van der Waals surface area contributed by atoms with Crippen molar-refractivity contribution in [1.29, 1.82) is 0 Å². The highest BCUT2D eigenvalue weighted by Crippen LogP contribution is 2.24. The number of fused-ring (bicyclic) bond motifs is 1. The fraction of sp³-hybridized carbons (Fsp3) is 0.125. The van der Waals surface area contributed by atoms with Gasteiger partial charge in [0.1, 0.15) is 29.9 Å². The lowest BCUT2D eigenvalue weighted by Crippen LogP contribution is -2.16. The lowest BCUT2D eigenvalue weighted by atomic mass is 10.1. The molecule has 1 unspecified atom stereocenters. The van der Waals surface area contributed by atoms with Gasteiger partial charge in [0, 0.05) is 17.0 Å². The summed E-state index contributed by atoms with van der Waals surface area (Å²) in [6.07, 6.45) is -0.00892. The third kappa shape index (κ3) is 3.23. The first-order valence-corrected chi connectivity index (χ1v) is 7.20. The fourth-order valence-electron chi connectivity index (χ4n) is 2.30. The number of nitrogens with zero attached hydrogens (tertiary/aromatic N) is 2. The Kier molecular flexibility index (Phi) is 4.36. The molecule has 4 nitrogen and oxygen atoms in total. The van der Waals surface area contributed by atoms with Gasteiger partial charge in [-0.25, -0.2) is 18.7 Å². The molecule has 1 heterocycles. The van der Waals surface area contributed by atoms with Gasteiger partial charge in [-0.1, -0.05) is 17.7 Å². The molecule has 0 spiro atoms. The molecule has 1 atom stereocenters. The number of aromatic nitrogens is 2. The van der Waals surface area contributed by atoms with Crippen LogP contribution in [0.3, 0.4) is 0 Å². The van der Waals surface area contributed by atoms with Crippen LogP contribution < -0.4 is 5.32 Å². The number of rotatable bonds is 4. The average Bonchev–Trinajstić information content (AvgIpc) is 2.52. The number of aliphatic hydroxyl groups is 1. The van der Waals surface area contributed by atoms with E-state index >= 15 is 0 Å². The minimum atomic E-state index is -1.35. The van der Waals surface area contributed by atoms with Gasteiger partial charge in [0.05, 0.1) is 11.1 Å². The molecular formula is C16H12ClF2N3O. The van der Waals surface area contributed by atoms with E-state index in [4.69, 9.17) is 11.6 Å². The Morgan fingerprint density at radius 1 is 1.13 bits per heavy atom. The largest absolute Gasteiger partial charge is 0.386 e. The Morgan fingerprint density at radius 3 is 2.61 bits per heavy atom. The zero-order valence-corrected chi connectivity index (χ0v) is 12.6. The molecule has 0 saturated carbocycles. The molecule has 2 aromatic carbocycles. The first-order chi connectivity index (χ1) is 11.1. The summed E-state index contributed by atoms with van der Waals surface area (Å²) in [5.41, 5.74) is 0.253. The van der Waals surface area contributed by atoms with E-state index in [0.717, 1.165) is 12.1 Å². The number of benzene rings is 2. The molecule has 2 N–H and O–H groups in total. The Labute approximate surface area is 135 Å². The number of hydrogen-bond acceptors (Lipinski definition) is 4. The molecule has 0 amide bonds. The van der Waals surface area contributed by atoms with E-state index in [9.17, 15) is 13.9 Å². The molecule has 0 aliphatic heterocycles. The van der Waals surface area contributed by atoms with E-state index in [0.29, 0.717) is 21.7 Å². The molecule has 23 heavy (non-hydrogen) atoms. The molecule has 0 saturated heterocycles. The predicted molar refractivity (Wildman–Crippen MR) is 84.4 cm³/mol. The number of halogens is 3. The van der Waals surface area contributed by atoms with E-state index in [1.54, 1.807) is 18.2 Å². The highest BCUT2D eigenvalue weighted by Gasteiger charge is 2.18. The van der Waals surface area contributed by atoms with Crippen LogP contribution >= 0.6 is 11.6 Å². The zero-order valence-electron chi connectivity index (χ0n) is 11.8. The summed E-state index contributed by atoms with van der Waals surface area (Å²) in [5.74, 6) is -1.14. The summed E-state index contributed by atoms with van der Waals surface area (Å²) in [5, 5.41) is 14.2. The molecule has 3 aromatic rings. The Bertz CT molecular complexity index is 840. The quantitative estimate of drug-likeness (QED) is 0.763. The molecule has 0 radical (unpaired) electrons. The summed E-state index contributed by atoms with van der Waals surface area (Å²) in [4.78, 5) is 8.18. The van der Waals surface area contributed by atoms with E-state index in [1.165, 1.54) is 12.4 Å². The molecule has 0 aliphatic rings. The lowest BCUT2D eigenvalue weighted by Gasteiger charge is -2.15. The van der Waals surface area contributed by atoms with Gasteiger partial charge in [0.25, 0.3) is 0 Å². The number of nitrogens with one attached hydrogen (secondary N) is 1. The van der Waals surface area contributed by atoms with E-state index in [2.05, 4.69) is 15.3 Å². The molecular weight excluding hydrogens is 324 g/mol. The average molecular weight is 336 g/mol. The summed E-state index contributed by atoms with van der Waals surface area (Å²) < 4.78 is 27.3. The maximum atomic E-state index is 13.7. The fourth-order valence-corrected chi connectivity index (χ4v) is 2.46. The van der Waals surface area contributed by atoms with Gasteiger partial charge in [0.15, 0.2) is 0 Å². The standard InChI is InChI=1S/C16H12ClF2N3O/c17-9-4-5-10-13(6-9)21-8-22-16(10)20-7-14(23)15-11(18)2-1-3-12(15)19/h1-6,8,14,23H,7H2,(H,20,21,22). The molecule has 118 valence electrons. The van der Waals surface area contributed by atoms with Gasteiger partial charge in [-0.05, 0) is 30.3 Å². The highest BCUT2D eigenvalue weighted by atomic mass is 35.5. The Balaban J connectivity index is 1.83. The number of aliphatic hydroxyl groups excluding tert-OH is 1. The number of hydrogen-bond donors (Lipinski definition) is 2. The van der Waals surface area contributed by atoms with Crippen molar-refractivity contribution < 1.29 is 13.9 Å². The van der Waals surface area contributed by atoms with Gasteiger partial charge in [-0.2, -0.15) is 0 Å². The van der Waals surface area contributed by atoms with Crippen molar-refractivity contribution in [2.45, 2.75) is 6.10 Å². The van der Waals surface area contributed by atoms with Crippen molar-refractivity contribution in [3.05, 3.63) is 64.9 Å². The third-order valence-corrected chi connectivity index (χ3v) is 3.63. The summed E-state index contributed by atoms with van der Waals surface area (Å²) in [6, 6.07) is 8.54. The summed E-state index contributed by atoms with van der Waals surface area (Å²) in [6.45, 7) is -0.105. The molecule has 0 aliphatic carbocycles. The first-order valence-electron chi connectivity index (χ1n) is 6.82. The van der Waals surface area contributed by atoms with E-state index in [-0.39, 0.29) is 12.1 Å². The van der Waals surface area contributed by atoms with E-state index < -0.39 is 17.7 Å². The molecule has 0 fully saturated rings. The predicted octanol–water partition coefficient (Wildman–Crippen LogP) is 3.71. The van der Waals surface area contributed by atoms with Crippen LogP contribution in [-0.4, -0.2) is 21.6 Å². The van der Waals surface area contributed by atoms with Crippen molar-refractivity contribution in [2.24, 2.45) is 0 Å². The van der Waals surface area contributed by atoms with Crippen LogP contribution in [0, 0.1) is 11.6 Å². The topological polar surface area (TPSA) is 58.0 Å². The van der Waals surface area contributed by atoms with Crippen LogP contribution in [0.5, 0.6) is 0 Å².